The smallest absolute Gasteiger partial charge is 0.336 e. The van der Waals surface area contributed by atoms with Gasteiger partial charge in [-0.2, -0.15) is 0 Å². The first kappa shape index (κ1) is 14.2. The Morgan fingerprint density at radius 3 is 2.39 bits per heavy atom. The lowest BCUT2D eigenvalue weighted by Crippen LogP contribution is -2.28. The summed E-state index contributed by atoms with van der Waals surface area (Å²) in [6, 6.07) is 6.53. The number of nitrogens with one attached hydrogen (secondary N) is 1. The summed E-state index contributed by atoms with van der Waals surface area (Å²) in [6.07, 6.45) is 3.10. The van der Waals surface area contributed by atoms with Gasteiger partial charge in [0.05, 0.1) is 0 Å². The highest BCUT2D eigenvalue weighted by Crippen LogP contribution is 2.51. The molecule has 1 aliphatic rings. The minimum Gasteiger partial charge on any atom is -0.418 e. The van der Waals surface area contributed by atoms with E-state index in [0.29, 0.717) is 6.13 Å². The van der Waals surface area contributed by atoms with Gasteiger partial charge in [0.2, 0.25) is 0 Å². The van der Waals surface area contributed by atoms with Crippen molar-refractivity contribution >= 4 is 33.3 Å². The van der Waals surface area contributed by atoms with E-state index in [0.717, 1.165) is 11.1 Å². The van der Waals surface area contributed by atoms with Crippen molar-refractivity contribution in [2.75, 3.05) is 5.23 Å². The van der Waals surface area contributed by atoms with Crippen LogP contribution in [0, 0.1) is 13.8 Å². The molecule has 1 N–H and O–H groups in total. The summed E-state index contributed by atoms with van der Waals surface area (Å²) in [6.45, 7) is 9.02. The molecule has 0 bridgehead atoms. The van der Waals surface area contributed by atoms with Gasteiger partial charge in [-0.15, -0.1) is 21.4 Å². The fourth-order valence-electron chi connectivity index (χ4n) is 2.63. The maximum Gasteiger partial charge on any atom is 0.336 e. The number of para-hydroxylation sites is 1. The fourth-order valence-corrected chi connectivity index (χ4v) is 6.51. The van der Waals surface area contributed by atoms with Crippen LogP contribution >= 0.6 is 21.4 Å². The van der Waals surface area contributed by atoms with Crippen molar-refractivity contribution in [3.05, 3.63) is 29.3 Å². The van der Waals surface area contributed by atoms with Gasteiger partial charge < -0.3 is 5.23 Å². The van der Waals surface area contributed by atoms with Crippen molar-refractivity contribution in [2.24, 2.45) is 0 Å². The van der Waals surface area contributed by atoms with E-state index in [-0.39, 0.29) is 0 Å². The Morgan fingerprint density at radius 2 is 1.83 bits per heavy atom. The van der Waals surface area contributed by atoms with Crippen LogP contribution in [-0.2, 0) is 0 Å². The third kappa shape index (κ3) is 2.85. The lowest BCUT2D eigenvalue weighted by Gasteiger charge is -2.21. The topological polar surface area (TPSA) is 12.0 Å². The van der Waals surface area contributed by atoms with Gasteiger partial charge in [-0.3, -0.25) is 0 Å². The average molecular weight is 279 g/mol. The summed E-state index contributed by atoms with van der Waals surface area (Å²) in [5.74, 6) is 0.781. The van der Waals surface area contributed by atoms with E-state index in [9.17, 15) is 0 Å². The van der Waals surface area contributed by atoms with E-state index in [1.54, 1.807) is 0 Å². The molecule has 2 unspecified atom stereocenters. The number of hydrogen-bond donors (Lipinski definition) is 1. The molecule has 0 spiro atoms. The maximum absolute atomic E-state index is 3.78. The van der Waals surface area contributed by atoms with Crippen molar-refractivity contribution < 1.29 is 0 Å². The maximum atomic E-state index is 3.78. The molecule has 98 valence electrons. The first-order valence-electron chi connectivity index (χ1n) is 6.82. The highest BCUT2D eigenvalue weighted by Gasteiger charge is 2.39. The second-order valence-corrected chi connectivity index (χ2v) is 7.70. The van der Waals surface area contributed by atoms with Gasteiger partial charge in [-0.1, -0.05) is 38.5 Å². The summed E-state index contributed by atoms with van der Waals surface area (Å²) in [5, 5.41) is 4.59. The molecule has 1 saturated heterocycles. The SMILES string of the molecule is CCC1SSB(Nc2c(C)cccc2C)C1CC. The van der Waals surface area contributed by atoms with Gasteiger partial charge in [-0.25, -0.2) is 0 Å². The van der Waals surface area contributed by atoms with E-state index >= 15 is 0 Å². The average Bonchev–Trinajstić information content (AvgIpc) is 2.75. The van der Waals surface area contributed by atoms with Gasteiger partial charge in [0.25, 0.3) is 0 Å². The lowest BCUT2D eigenvalue weighted by atomic mass is 9.68. The molecule has 1 aromatic carbocycles. The van der Waals surface area contributed by atoms with Gasteiger partial charge >= 0.3 is 6.13 Å². The fraction of sp³-hybridized carbons (Fsp3) is 0.571. The molecule has 1 aromatic rings. The molecule has 18 heavy (non-hydrogen) atoms. The molecule has 1 nitrogen and oxygen atoms in total. The quantitative estimate of drug-likeness (QED) is 0.604. The Balaban J connectivity index is 2.14. The van der Waals surface area contributed by atoms with E-state index in [4.69, 9.17) is 0 Å². The second-order valence-electron chi connectivity index (χ2n) is 5.04. The van der Waals surface area contributed by atoms with E-state index in [2.05, 4.69) is 61.9 Å². The number of rotatable bonds is 4. The van der Waals surface area contributed by atoms with Crippen LogP contribution < -0.4 is 5.23 Å². The summed E-state index contributed by atoms with van der Waals surface area (Å²) in [4.78, 5) is 0. The molecule has 0 amide bonds. The van der Waals surface area contributed by atoms with E-state index < -0.39 is 0 Å². The standard InChI is InChI=1S/C14H22BNS2/c1-5-12-13(6-2)17-18-15(12)16-14-10(3)8-7-9-11(14)4/h7-9,12-13,16H,5-6H2,1-4H3. The summed E-state index contributed by atoms with van der Waals surface area (Å²) in [7, 11) is 4.09. The van der Waals surface area contributed by atoms with Crippen molar-refractivity contribution in [3.63, 3.8) is 0 Å². The van der Waals surface area contributed by atoms with Gasteiger partial charge in [0.1, 0.15) is 0 Å². The molecular formula is C14H22BNS2. The molecule has 2 atom stereocenters. The Morgan fingerprint density at radius 1 is 1.17 bits per heavy atom. The monoisotopic (exact) mass is 279 g/mol. The summed E-state index contributed by atoms with van der Waals surface area (Å²) >= 11 is 0. The predicted octanol–water partition coefficient (Wildman–Crippen LogP) is 5.16. The summed E-state index contributed by atoms with van der Waals surface area (Å²) in [5.41, 5.74) is 4.05. The van der Waals surface area contributed by atoms with Crippen LogP contribution in [0.5, 0.6) is 0 Å². The highest BCUT2D eigenvalue weighted by atomic mass is 33.1. The number of benzene rings is 1. The van der Waals surface area contributed by atoms with Gasteiger partial charge in [0.15, 0.2) is 0 Å². The van der Waals surface area contributed by atoms with Crippen LogP contribution in [0.15, 0.2) is 18.2 Å². The number of aryl methyl sites for hydroxylation is 2. The summed E-state index contributed by atoms with van der Waals surface area (Å²) < 4.78 is 0. The number of anilines is 1. The van der Waals surface area contributed by atoms with Crippen molar-refractivity contribution in [1.29, 1.82) is 0 Å². The van der Waals surface area contributed by atoms with Gasteiger partial charge in [0, 0.05) is 10.9 Å². The van der Waals surface area contributed by atoms with E-state index in [1.165, 1.54) is 29.7 Å². The third-order valence-corrected chi connectivity index (χ3v) is 7.20. The minimum absolute atomic E-state index is 0.560. The zero-order valence-corrected chi connectivity index (χ0v) is 13.3. The molecule has 0 aliphatic carbocycles. The Kier molecular flexibility index (Phi) is 4.96. The zero-order valence-electron chi connectivity index (χ0n) is 11.7. The Labute approximate surface area is 119 Å². The Bertz CT molecular complexity index is 391. The van der Waals surface area contributed by atoms with E-state index in [1.807, 2.05) is 10.6 Å². The molecular weight excluding hydrogens is 257 g/mol. The van der Waals surface area contributed by atoms with Gasteiger partial charge in [-0.05, 0) is 37.2 Å². The molecule has 1 aliphatic heterocycles. The van der Waals surface area contributed by atoms with Crippen molar-refractivity contribution in [2.45, 2.75) is 51.6 Å². The third-order valence-electron chi connectivity index (χ3n) is 3.79. The highest BCUT2D eigenvalue weighted by molar-refractivity contribution is 8.87. The van der Waals surface area contributed by atoms with Crippen LogP contribution in [-0.4, -0.2) is 11.4 Å². The first-order valence-corrected chi connectivity index (χ1v) is 9.09. The zero-order chi connectivity index (χ0) is 13.1. The van der Waals surface area contributed by atoms with Crippen LogP contribution in [0.25, 0.3) is 0 Å². The Hall–Kier alpha value is -0.215. The lowest BCUT2D eigenvalue weighted by molar-refractivity contribution is 0.715. The van der Waals surface area contributed by atoms with Crippen LogP contribution in [0.2, 0.25) is 5.82 Å². The number of hydrogen-bond acceptors (Lipinski definition) is 3. The molecule has 4 heteroatoms. The van der Waals surface area contributed by atoms with Crippen molar-refractivity contribution in [1.82, 2.24) is 0 Å². The molecule has 1 heterocycles. The molecule has 2 rings (SSSR count). The first-order chi connectivity index (χ1) is 8.67. The molecule has 0 aromatic heterocycles. The second kappa shape index (κ2) is 6.29. The minimum atomic E-state index is 0.560. The molecule has 1 fully saturated rings. The van der Waals surface area contributed by atoms with Crippen LogP contribution in [0.3, 0.4) is 0 Å². The largest absolute Gasteiger partial charge is 0.418 e. The normalized spacial score (nSPS) is 23.4. The predicted molar refractivity (Wildman–Crippen MR) is 88.6 cm³/mol. The van der Waals surface area contributed by atoms with Crippen molar-refractivity contribution in [3.8, 4) is 0 Å². The van der Waals surface area contributed by atoms with Crippen LogP contribution in [0.1, 0.15) is 37.8 Å². The van der Waals surface area contributed by atoms with Crippen LogP contribution in [0.4, 0.5) is 5.69 Å². The molecule has 0 saturated carbocycles. The molecule has 0 radical (unpaired) electrons.